The molecule has 0 saturated heterocycles. The second-order valence-corrected chi connectivity index (χ2v) is 1.12. The largest absolute Gasteiger partial charge is 0.392 e. The smallest absolute Gasteiger partial charge is 0.0636 e. The van der Waals surface area contributed by atoms with Gasteiger partial charge >= 0.3 is 0 Å². The molecule has 0 aliphatic carbocycles. The maximum Gasteiger partial charge on any atom is 0.0636 e. The summed E-state index contributed by atoms with van der Waals surface area (Å²) in [4.78, 5) is 0. The molecule has 6 heavy (non-hydrogen) atoms. The van der Waals surface area contributed by atoms with Gasteiger partial charge in [0.15, 0.2) is 0 Å². The topological polar surface area (TPSA) is 20.2 Å². The molecule has 0 heterocycles. The SMILES string of the molecule is C=C(C)CO.[Na]. The van der Waals surface area contributed by atoms with E-state index in [-0.39, 0.29) is 36.2 Å². The quantitative estimate of drug-likeness (QED) is 0.363. The van der Waals surface area contributed by atoms with E-state index in [0.29, 0.717) is 0 Å². The van der Waals surface area contributed by atoms with Gasteiger partial charge in [-0.3, -0.25) is 0 Å². The number of rotatable bonds is 1. The van der Waals surface area contributed by atoms with Gasteiger partial charge in [0.1, 0.15) is 0 Å². The second-order valence-electron chi connectivity index (χ2n) is 1.12. The van der Waals surface area contributed by atoms with Crippen LogP contribution in [0.2, 0.25) is 0 Å². The Balaban J connectivity index is 0. The van der Waals surface area contributed by atoms with Crippen molar-refractivity contribution in [3.63, 3.8) is 0 Å². The zero-order valence-corrected chi connectivity index (χ0v) is 6.36. The van der Waals surface area contributed by atoms with E-state index in [2.05, 4.69) is 6.58 Å². The monoisotopic (exact) mass is 95.0 g/mol. The van der Waals surface area contributed by atoms with Crippen LogP contribution >= 0.6 is 0 Å². The van der Waals surface area contributed by atoms with Crippen molar-refractivity contribution in [3.8, 4) is 0 Å². The fourth-order valence-electron chi connectivity index (χ4n) is 0. The van der Waals surface area contributed by atoms with Crippen molar-refractivity contribution >= 4 is 29.6 Å². The summed E-state index contributed by atoms with van der Waals surface area (Å²) in [7, 11) is 0. The van der Waals surface area contributed by atoms with Gasteiger partial charge in [-0.15, -0.1) is 0 Å². The Morgan fingerprint density at radius 1 is 1.83 bits per heavy atom. The zero-order chi connectivity index (χ0) is 4.28. The Bertz CT molecular complexity index is 42.8. The van der Waals surface area contributed by atoms with Crippen LogP contribution in [0.5, 0.6) is 0 Å². The molecule has 0 amide bonds. The van der Waals surface area contributed by atoms with Crippen LogP contribution in [0, 0.1) is 0 Å². The van der Waals surface area contributed by atoms with Gasteiger partial charge in [-0.2, -0.15) is 0 Å². The summed E-state index contributed by atoms with van der Waals surface area (Å²) in [5.41, 5.74) is 0.810. The van der Waals surface area contributed by atoms with E-state index in [1.165, 1.54) is 0 Å². The normalized spacial score (nSPS) is 6.33. The Morgan fingerprint density at radius 2 is 2.00 bits per heavy atom. The molecule has 0 unspecified atom stereocenters. The third-order valence-corrected chi connectivity index (χ3v) is 0.270. The van der Waals surface area contributed by atoms with E-state index in [9.17, 15) is 0 Å². The molecule has 0 bridgehead atoms. The molecule has 0 saturated carbocycles. The molecule has 1 N–H and O–H groups in total. The summed E-state index contributed by atoms with van der Waals surface area (Å²) in [6.45, 7) is 5.31. The van der Waals surface area contributed by atoms with Crippen LogP contribution in [0.4, 0.5) is 0 Å². The van der Waals surface area contributed by atoms with Gasteiger partial charge in [-0.1, -0.05) is 12.2 Å². The minimum absolute atomic E-state index is 0. The molecular formula is C4H8NaO. The summed E-state index contributed by atoms with van der Waals surface area (Å²) in [6.07, 6.45) is 0. The van der Waals surface area contributed by atoms with E-state index in [0.717, 1.165) is 5.57 Å². The molecule has 0 aromatic carbocycles. The van der Waals surface area contributed by atoms with Crippen LogP contribution < -0.4 is 0 Å². The minimum atomic E-state index is 0. The molecule has 2 heteroatoms. The molecule has 1 radical (unpaired) electrons. The van der Waals surface area contributed by atoms with Crippen molar-refractivity contribution in [3.05, 3.63) is 12.2 Å². The van der Waals surface area contributed by atoms with Crippen LogP contribution in [-0.2, 0) is 0 Å². The number of hydrogen-bond donors (Lipinski definition) is 1. The predicted octanol–water partition coefficient (Wildman–Crippen LogP) is 0.174. The predicted molar refractivity (Wildman–Crippen MR) is 27.7 cm³/mol. The second kappa shape index (κ2) is 5.70. The van der Waals surface area contributed by atoms with Gasteiger partial charge in [-0.05, 0) is 6.92 Å². The van der Waals surface area contributed by atoms with E-state index in [1.54, 1.807) is 6.92 Å². The molecule has 0 aliphatic rings. The van der Waals surface area contributed by atoms with Crippen LogP contribution in [0.1, 0.15) is 6.92 Å². The van der Waals surface area contributed by atoms with Crippen LogP contribution in [0.15, 0.2) is 12.2 Å². The minimum Gasteiger partial charge on any atom is -0.392 e. The van der Waals surface area contributed by atoms with Crippen molar-refractivity contribution in [2.75, 3.05) is 6.61 Å². The summed E-state index contributed by atoms with van der Waals surface area (Å²) >= 11 is 0. The molecule has 0 spiro atoms. The first-order chi connectivity index (χ1) is 2.27. The average Bonchev–Trinajstić information content (AvgIpc) is 1.38. The van der Waals surface area contributed by atoms with Crippen molar-refractivity contribution in [2.45, 2.75) is 6.92 Å². The Kier molecular flexibility index (Phi) is 9.36. The number of hydrogen-bond acceptors (Lipinski definition) is 1. The van der Waals surface area contributed by atoms with E-state index < -0.39 is 0 Å². The summed E-state index contributed by atoms with van der Waals surface area (Å²) in [6, 6.07) is 0. The van der Waals surface area contributed by atoms with Crippen LogP contribution in [-0.4, -0.2) is 41.3 Å². The summed E-state index contributed by atoms with van der Waals surface area (Å²) < 4.78 is 0. The Morgan fingerprint density at radius 3 is 2.00 bits per heavy atom. The fourth-order valence-corrected chi connectivity index (χ4v) is 0. The maximum absolute atomic E-state index is 8.04. The number of aliphatic hydroxyl groups is 1. The Labute approximate surface area is 60.4 Å². The van der Waals surface area contributed by atoms with Gasteiger partial charge in [0.05, 0.1) is 6.61 Å². The first-order valence-corrected chi connectivity index (χ1v) is 1.52. The molecule has 0 atom stereocenters. The fraction of sp³-hybridized carbons (Fsp3) is 0.500. The first-order valence-electron chi connectivity index (χ1n) is 1.52. The molecule has 0 fully saturated rings. The molecule has 31 valence electrons. The van der Waals surface area contributed by atoms with Crippen LogP contribution in [0.25, 0.3) is 0 Å². The number of aliphatic hydroxyl groups excluding tert-OH is 1. The average molecular weight is 95.1 g/mol. The molecule has 0 aliphatic heterocycles. The van der Waals surface area contributed by atoms with E-state index >= 15 is 0 Å². The van der Waals surface area contributed by atoms with Crippen molar-refractivity contribution in [2.24, 2.45) is 0 Å². The van der Waals surface area contributed by atoms with Crippen molar-refractivity contribution in [1.82, 2.24) is 0 Å². The van der Waals surface area contributed by atoms with Gasteiger partial charge < -0.3 is 5.11 Å². The van der Waals surface area contributed by atoms with Gasteiger partial charge in [0.2, 0.25) is 0 Å². The molecular weight excluding hydrogens is 87.0 g/mol. The maximum atomic E-state index is 8.04. The third-order valence-electron chi connectivity index (χ3n) is 0.270. The van der Waals surface area contributed by atoms with Gasteiger partial charge in [0, 0.05) is 29.6 Å². The molecule has 0 aromatic heterocycles. The van der Waals surface area contributed by atoms with Crippen molar-refractivity contribution < 1.29 is 5.11 Å². The standard InChI is InChI=1S/C4H8O.Na/c1-4(2)3-5;/h5H,1,3H2,2H3;. The first kappa shape index (κ1) is 9.85. The zero-order valence-electron chi connectivity index (χ0n) is 4.36. The Hall–Kier alpha value is 0.700. The van der Waals surface area contributed by atoms with Crippen LogP contribution in [0.3, 0.4) is 0 Å². The summed E-state index contributed by atoms with van der Waals surface area (Å²) in [5.74, 6) is 0. The molecule has 0 aromatic rings. The molecule has 1 nitrogen and oxygen atoms in total. The molecule has 0 rings (SSSR count). The van der Waals surface area contributed by atoms with Gasteiger partial charge in [0.25, 0.3) is 0 Å². The van der Waals surface area contributed by atoms with E-state index in [4.69, 9.17) is 5.11 Å². The van der Waals surface area contributed by atoms with E-state index in [1.807, 2.05) is 0 Å². The summed E-state index contributed by atoms with van der Waals surface area (Å²) in [5, 5.41) is 8.04. The third kappa shape index (κ3) is 8.83. The van der Waals surface area contributed by atoms with Gasteiger partial charge in [-0.25, -0.2) is 0 Å². The van der Waals surface area contributed by atoms with Crippen molar-refractivity contribution in [1.29, 1.82) is 0 Å².